The second kappa shape index (κ2) is 8.52. The molecule has 0 bridgehead atoms. The summed E-state index contributed by atoms with van der Waals surface area (Å²) in [6.07, 6.45) is -4.38. The first-order valence-electron chi connectivity index (χ1n) is 8.79. The second-order valence-corrected chi connectivity index (χ2v) is 7.45. The molecule has 27 heavy (non-hydrogen) atoms. The smallest absolute Gasteiger partial charge is 0.368 e. The zero-order chi connectivity index (χ0) is 19.4. The van der Waals surface area contributed by atoms with Gasteiger partial charge in [0.1, 0.15) is 0 Å². The third-order valence-corrected chi connectivity index (χ3v) is 5.71. The summed E-state index contributed by atoms with van der Waals surface area (Å²) in [5, 5.41) is 3.26. The van der Waals surface area contributed by atoms with Gasteiger partial charge in [-0.05, 0) is 35.4 Å². The highest BCUT2D eigenvalue weighted by Crippen LogP contribution is 2.41. The van der Waals surface area contributed by atoms with Crippen LogP contribution in [0.25, 0.3) is 0 Å². The Morgan fingerprint density at radius 2 is 1.70 bits per heavy atom. The van der Waals surface area contributed by atoms with Gasteiger partial charge in [-0.3, -0.25) is 0 Å². The molecule has 1 fully saturated rings. The van der Waals surface area contributed by atoms with Crippen molar-refractivity contribution in [2.24, 2.45) is 11.5 Å². The number of rotatable bonds is 5. The number of nitrogens with one attached hydrogen (secondary N) is 1. The summed E-state index contributed by atoms with van der Waals surface area (Å²) in [6, 6.07) is 9.66. The summed E-state index contributed by atoms with van der Waals surface area (Å²) in [6.45, 7) is 3.84. The van der Waals surface area contributed by atoms with E-state index in [1.807, 2.05) is 18.2 Å². The third-order valence-electron chi connectivity index (χ3n) is 4.55. The summed E-state index contributed by atoms with van der Waals surface area (Å²) in [5.74, 6) is 0. The van der Waals surface area contributed by atoms with Crippen LogP contribution in [0.2, 0.25) is 0 Å². The Morgan fingerprint density at radius 3 is 2.33 bits per heavy atom. The molecule has 1 aliphatic rings. The van der Waals surface area contributed by atoms with Crippen molar-refractivity contribution in [3.63, 3.8) is 0 Å². The Hall–Kier alpha value is -1.74. The standard InChI is InChI=1S/C19H23F3N4S/c20-19(21,22)15-2-3-16(26-7-5-25-6-8-26)18(10-15)27-17-4-1-13(11-23)9-14(17)12-24/h1-4,9-10,25H,5-8,11-12,23-24H2. The van der Waals surface area contributed by atoms with Gasteiger partial charge < -0.3 is 21.7 Å². The summed E-state index contributed by atoms with van der Waals surface area (Å²) >= 11 is 1.33. The van der Waals surface area contributed by atoms with Gasteiger partial charge >= 0.3 is 6.18 Å². The third kappa shape index (κ3) is 4.76. The Labute approximate surface area is 161 Å². The number of hydrogen-bond acceptors (Lipinski definition) is 5. The van der Waals surface area contributed by atoms with Crippen LogP contribution in [-0.2, 0) is 19.3 Å². The molecule has 0 aliphatic carbocycles. The van der Waals surface area contributed by atoms with Gasteiger partial charge in [0.25, 0.3) is 0 Å². The minimum atomic E-state index is -4.38. The van der Waals surface area contributed by atoms with E-state index in [2.05, 4.69) is 10.2 Å². The Kier molecular flexibility index (Phi) is 6.31. The molecule has 0 saturated carbocycles. The molecule has 2 aromatic rings. The lowest BCUT2D eigenvalue weighted by atomic mass is 10.1. The molecule has 0 unspecified atom stereocenters. The van der Waals surface area contributed by atoms with Gasteiger partial charge in [0.05, 0.1) is 11.3 Å². The van der Waals surface area contributed by atoms with Crippen LogP contribution in [0.1, 0.15) is 16.7 Å². The van der Waals surface area contributed by atoms with Crippen molar-refractivity contribution in [3.8, 4) is 0 Å². The molecule has 1 saturated heterocycles. The van der Waals surface area contributed by atoms with Crippen LogP contribution in [-0.4, -0.2) is 26.2 Å². The number of benzene rings is 2. The number of halogens is 3. The zero-order valence-corrected chi connectivity index (χ0v) is 15.7. The van der Waals surface area contributed by atoms with Crippen molar-refractivity contribution in [2.75, 3.05) is 31.1 Å². The van der Waals surface area contributed by atoms with Gasteiger partial charge in [0.2, 0.25) is 0 Å². The summed E-state index contributed by atoms with van der Waals surface area (Å²) in [7, 11) is 0. The van der Waals surface area contributed by atoms with Gasteiger partial charge in [-0.1, -0.05) is 23.9 Å². The largest absolute Gasteiger partial charge is 0.416 e. The lowest BCUT2D eigenvalue weighted by molar-refractivity contribution is -0.137. The van der Waals surface area contributed by atoms with Crippen LogP contribution < -0.4 is 21.7 Å². The molecule has 5 N–H and O–H groups in total. The molecular weight excluding hydrogens is 373 g/mol. The van der Waals surface area contributed by atoms with Crippen molar-refractivity contribution in [1.29, 1.82) is 0 Å². The predicted molar refractivity (Wildman–Crippen MR) is 103 cm³/mol. The molecule has 2 aromatic carbocycles. The number of nitrogens with zero attached hydrogens (tertiary/aromatic N) is 1. The van der Waals surface area contributed by atoms with E-state index in [9.17, 15) is 13.2 Å². The van der Waals surface area contributed by atoms with E-state index in [-0.39, 0.29) is 0 Å². The molecular formula is C19H23F3N4S. The van der Waals surface area contributed by atoms with E-state index < -0.39 is 11.7 Å². The Morgan fingerprint density at radius 1 is 0.963 bits per heavy atom. The highest BCUT2D eigenvalue weighted by atomic mass is 32.2. The average molecular weight is 396 g/mol. The van der Waals surface area contributed by atoms with E-state index in [0.29, 0.717) is 18.0 Å². The molecule has 3 rings (SSSR count). The molecule has 0 amide bonds. The molecule has 146 valence electrons. The van der Waals surface area contributed by atoms with Crippen molar-refractivity contribution in [1.82, 2.24) is 5.32 Å². The first-order chi connectivity index (χ1) is 12.9. The fourth-order valence-corrected chi connectivity index (χ4v) is 4.21. The molecule has 0 aromatic heterocycles. The fourth-order valence-electron chi connectivity index (χ4n) is 3.08. The lowest BCUT2D eigenvalue weighted by Crippen LogP contribution is -2.43. The molecule has 8 heteroatoms. The van der Waals surface area contributed by atoms with Crippen molar-refractivity contribution in [3.05, 3.63) is 53.1 Å². The van der Waals surface area contributed by atoms with E-state index in [0.717, 1.165) is 54.0 Å². The maximum Gasteiger partial charge on any atom is 0.416 e. The summed E-state index contributed by atoms with van der Waals surface area (Å²) < 4.78 is 39.8. The maximum absolute atomic E-state index is 13.3. The SMILES string of the molecule is NCc1ccc(Sc2cc(C(F)(F)F)ccc2N2CCNCC2)c(CN)c1. The zero-order valence-electron chi connectivity index (χ0n) is 14.9. The lowest BCUT2D eigenvalue weighted by Gasteiger charge is -2.31. The Bertz CT molecular complexity index is 789. The number of anilines is 1. The van der Waals surface area contributed by atoms with Crippen LogP contribution in [0.15, 0.2) is 46.2 Å². The van der Waals surface area contributed by atoms with E-state index >= 15 is 0 Å². The maximum atomic E-state index is 13.3. The Balaban J connectivity index is 2.01. The molecule has 0 radical (unpaired) electrons. The normalized spacial score (nSPS) is 15.2. The highest BCUT2D eigenvalue weighted by Gasteiger charge is 2.31. The monoisotopic (exact) mass is 396 g/mol. The van der Waals surface area contributed by atoms with Crippen LogP contribution in [0.3, 0.4) is 0 Å². The van der Waals surface area contributed by atoms with E-state index in [4.69, 9.17) is 11.5 Å². The highest BCUT2D eigenvalue weighted by molar-refractivity contribution is 7.99. The van der Waals surface area contributed by atoms with Crippen molar-refractivity contribution in [2.45, 2.75) is 29.1 Å². The van der Waals surface area contributed by atoms with Crippen LogP contribution in [0.4, 0.5) is 18.9 Å². The molecule has 4 nitrogen and oxygen atoms in total. The predicted octanol–water partition coefficient (Wildman–Crippen LogP) is 3.18. The van der Waals surface area contributed by atoms with Gasteiger partial charge in [0, 0.05) is 49.1 Å². The van der Waals surface area contributed by atoms with Crippen LogP contribution in [0, 0.1) is 0 Å². The van der Waals surface area contributed by atoms with Crippen LogP contribution >= 0.6 is 11.8 Å². The first kappa shape index (κ1) is 20.0. The molecule has 1 heterocycles. The van der Waals surface area contributed by atoms with E-state index in [1.54, 1.807) is 6.07 Å². The molecule has 0 atom stereocenters. The number of piperazine rings is 1. The number of nitrogens with two attached hydrogens (primary N) is 2. The van der Waals surface area contributed by atoms with Gasteiger partial charge in [0.15, 0.2) is 0 Å². The van der Waals surface area contributed by atoms with E-state index in [1.165, 1.54) is 17.8 Å². The molecule has 1 aliphatic heterocycles. The van der Waals surface area contributed by atoms with Gasteiger partial charge in [-0.25, -0.2) is 0 Å². The molecule has 0 spiro atoms. The summed E-state index contributed by atoms with van der Waals surface area (Å²) in [4.78, 5) is 3.56. The fraction of sp³-hybridized carbons (Fsp3) is 0.368. The number of alkyl halides is 3. The second-order valence-electron chi connectivity index (χ2n) is 6.37. The first-order valence-corrected chi connectivity index (χ1v) is 9.60. The van der Waals surface area contributed by atoms with Crippen LogP contribution in [0.5, 0.6) is 0 Å². The average Bonchev–Trinajstić information content (AvgIpc) is 2.68. The minimum absolute atomic E-state index is 0.304. The van der Waals surface area contributed by atoms with Gasteiger partial charge in [-0.2, -0.15) is 13.2 Å². The minimum Gasteiger partial charge on any atom is -0.368 e. The quantitative estimate of drug-likeness (QED) is 0.724. The van der Waals surface area contributed by atoms with Crippen molar-refractivity contribution >= 4 is 17.4 Å². The van der Waals surface area contributed by atoms with Crippen molar-refractivity contribution < 1.29 is 13.2 Å². The summed E-state index contributed by atoms with van der Waals surface area (Å²) in [5.41, 5.74) is 13.5. The topological polar surface area (TPSA) is 67.3 Å². The number of hydrogen-bond donors (Lipinski definition) is 3. The van der Waals surface area contributed by atoms with Gasteiger partial charge in [-0.15, -0.1) is 0 Å².